The smallest absolute Gasteiger partial charge is 0.306 e. The molecule has 0 aliphatic carbocycles. The third kappa shape index (κ3) is 23.8. The summed E-state index contributed by atoms with van der Waals surface area (Å²) in [7, 11) is 1.56. The third-order valence-electron chi connectivity index (χ3n) is 6.05. The van der Waals surface area contributed by atoms with E-state index < -0.39 is 6.10 Å². The molecule has 0 amide bonds. The molecule has 0 radical (unpaired) electrons. The second-order valence-electron chi connectivity index (χ2n) is 9.41. The SMILES string of the molecule is CCCCCCCCCCCC(=O)OCC(COC)OC(=O)CCCCCCCCCCC. The zero-order chi connectivity index (χ0) is 24.4. The Kier molecular flexibility index (Phi) is 24.7. The maximum Gasteiger partial charge on any atom is 0.306 e. The Labute approximate surface area is 204 Å². The summed E-state index contributed by atoms with van der Waals surface area (Å²) in [6.07, 6.45) is 22.2. The van der Waals surface area contributed by atoms with E-state index in [9.17, 15) is 9.59 Å². The molecule has 0 heterocycles. The molecule has 0 rings (SSSR count). The number of unbranched alkanes of at least 4 members (excludes halogenated alkanes) is 16. The van der Waals surface area contributed by atoms with Gasteiger partial charge in [0.1, 0.15) is 6.61 Å². The third-order valence-corrected chi connectivity index (χ3v) is 6.05. The van der Waals surface area contributed by atoms with Gasteiger partial charge >= 0.3 is 11.9 Å². The van der Waals surface area contributed by atoms with Gasteiger partial charge in [0, 0.05) is 20.0 Å². The maximum atomic E-state index is 12.1. The number of methoxy groups -OCH3 is 1. The Hall–Kier alpha value is -1.10. The first-order chi connectivity index (χ1) is 16.1. The van der Waals surface area contributed by atoms with Crippen LogP contribution in [0.4, 0.5) is 0 Å². The predicted octanol–water partition coefficient (Wildman–Crippen LogP) is 7.93. The molecule has 5 heteroatoms. The summed E-state index contributed by atoms with van der Waals surface area (Å²) in [5.41, 5.74) is 0. The topological polar surface area (TPSA) is 61.8 Å². The van der Waals surface area contributed by atoms with Crippen LogP contribution in [0.5, 0.6) is 0 Å². The molecule has 0 fully saturated rings. The first-order valence-corrected chi connectivity index (χ1v) is 14.0. The number of carbonyl (C=O) groups excluding carboxylic acids is 2. The van der Waals surface area contributed by atoms with Crippen LogP contribution in [0.3, 0.4) is 0 Å². The molecular weight excluding hydrogens is 416 g/mol. The lowest BCUT2D eigenvalue weighted by atomic mass is 10.1. The largest absolute Gasteiger partial charge is 0.462 e. The minimum Gasteiger partial charge on any atom is -0.462 e. The van der Waals surface area contributed by atoms with Crippen molar-refractivity contribution >= 4 is 11.9 Å². The van der Waals surface area contributed by atoms with Crippen molar-refractivity contribution in [1.29, 1.82) is 0 Å². The minimum atomic E-state index is -0.520. The van der Waals surface area contributed by atoms with Gasteiger partial charge in [-0.15, -0.1) is 0 Å². The highest BCUT2D eigenvalue weighted by atomic mass is 16.6. The fraction of sp³-hybridized carbons (Fsp3) is 0.929. The Morgan fingerprint density at radius 1 is 0.545 bits per heavy atom. The molecule has 0 saturated carbocycles. The van der Waals surface area contributed by atoms with Crippen LogP contribution < -0.4 is 0 Å². The molecule has 33 heavy (non-hydrogen) atoms. The maximum absolute atomic E-state index is 12.1. The first-order valence-electron chi connectivity index (χ1n) is 14.0. The number of ether oxygens (including phenoxy) is 3. The summed E-state index contributed by atoms with van der Waals surface area (Å²) < 4.78 is 15.9. The number of rotatable bonds is 25. The lowest BCUT2D eigenvalue weighted by Crippen LogP contribution is -2.29. The van der Waals surface area contributed by atoms with Crippen molar-refractivity contribution < 1.29 is 23.8 Å². The summed E-state index contributed by atoms with van der Waals surface area (Å²) in [4.78, 5) is 24.1. The molecule has 0 aliphatic rings. The summed E-state index contributed by atoms with van der Waals surface area (Å²) in [5.74, 6) is -0.441. The van der Waals surface area contributed by atoms with E-state index in [0.717, 1.165) is 25.7 Å². The Bertz CT molecular complexity index is 438. The minimum absolute atomic E-state index is 0.0770. The van der Waals surface area contributed by atoms with E-state index in [1.807, 2.05) is 0 Å². The van der Waals surface area contributed by atoms with Crippen molar-refractivity contribution in [2.45, 2.75) is 148 Å². The van der Waals surface area contributed by atoms with Gasteiger partial charge in [0.05, 0.1) is 6.61 Å². The van der Waals surface area contributed by atoms with Crippen LogP contribution in [-0.2, 0) is 23.8 Å². The van der Waals surface area contributed by atoms with Crippen molar-refractivity contribution in [2.75, 3.05) is 20.3 Å². The lowest BCUT2D eigenvalue weighted by molar-refractivity contribution is -0.162. The Morgan fingerprint density at radius 2 is 0.939 bits per heavy atom. The normalized spacial score (nSPS) is 12.0. The molecule has 1 atom stereocenters. The summed E-state index contributed by atoms with van der Waals surface area (Å²) >= 11 is 0. The van der Waals surface area contributed by atoms with Gasteiger partial charge in [0.15, 0.2) is 6.10 Å². The molecule has 0 N–H and O–H groups in total. The summed E-state index contributed by atoms with van der Waals surface area (Å²) in [6, 6.07) is 0. The van der Waals surface area contributed by atoms with Crippen LogP contribution in [0.1, 0.15) is 142 Å². The molecule has 0 aromatic heterocycles. The standard InChI is InChI=1S/C28H54O5/c1-4-6-8-10-12-14-16-18-20-22-27(29)32-25-26(24-31-3)33-28(30)23-21-19-17-15-13-11-9-7-5-2/h26H,4-25H2,1-3H3. The second kappa shape index (κ2) is 25.5. The first kappa shape index (κ1) is 31.9. The highest BCUT2D eigenvalue weighted by Gasteiger charge is 2.16. The van der Waals surface area contributed by atoms with Crippen molar-refractivity contribution in [3.63, 3.8) is 0 Å². The van der Waals surface area contributed by atoms with Crippen molar-refractivity contribution in [3.8, 4) is 0 Å². The van der Waals surface area contributed by atoms with Gasteiger partial charge < -0.3 is 14.2 Å². The molecule has 0 aliphatic heterocycles. The molecule has 1 unspecified atom stereocenters. The predicted molar refractivity (Wildman–Crippen MR) is 136 cm³/mol. The van der Waals surface area contributed by atoms with Gasteiger partial charge in [0.2, 0.25) is 0 Å². The van der Waals surface area contributed by atoms with E-state index in [-0.39, 0.29) is 25.2 Å². The molecule has 0 aromatic carbocycles. The highest BCUT2D eigenvalue weighted by molar-refractivity contribution is 5.70. The van der Waals surface area contributed by atoms with Crippen LogP contribution in [0.25, 0.3) is 0 Å². The van der Waals surface area contributed by atoms with E-state index in [2.05, 4.69) is 13.8 Å². The van der Waals surface area contributed by atoms with Crippen LogP contribution >= 0.6 is 0 Å². The second-order valence-corrected chi connectivity index (χ2v) is 9.41. The molecule has 5 nitrogen and oxygen atoms in total. The van der Waals surface area contributed by atoms with Crippen LogP contribution in [0.2, 0.25) is 0 Å². The van der Waals surface area contributed by atoms with Crippen molar-refractivity contribution in [2.24, 2.45) is 0 Å². The van der Waals surface area contributed by atoms with E-state index in [1.165, 1.54) is 89.9 Å². The molecular formula is C28H54O5. The zero-order valence-corrected chi connectivity index (χ0v) is 22.2. The van der Waals surface area contributed by atoms with E-state index in [0.29, 0.717) is 12.8 Å². The lowest BCUT2D eigenvalue weighted by Gasteiger charge is -2.17. The summed E-state index contributed by atoms with van der Waals surface area (Å²) in [5, 5.41) is 0. The fourth-order valence-corrected chi connectivity index (χ4v) is 3.96. The van der Waals surface area contributed by atoms with Gasteiger partial charge in [-0.1, -0.05) is 117 Å². The average Bonchev–Trinajstić information content (AvgIpc) is 2.80. The van der Waals surface area contributed by atoms with Crippen LogP contribution in [-0.4, -0.2) is 38.4 Å². The molecule has 0 aromatic rings. The van der Waals surface area contributed by atoms with Crippen molar-refractivity contribution in [3.05, 3.63) is 0 Å². The van der Waals surface area contributed by atoms with E-state index in [4.69, 9.17) is 14.2 Å². The number of carbonyl (C=O) groups is 2. The number of esters is 2. The van der Waals surface area contributed by atoms with Crippen LogP contribution in [0, 0.1) is 0 Å². The van der Waals surface area contributed by atoms with E-state index in [1.54, 1.807) is 7.11 Å². The number of hydrogen-bond donors (Lipinski definition) is 0. The fourth-order valence-electron chi connectivity index (χ4n) is 3.96. The van der Waals surface area contributed by atoms with Gasteiger partial charge in [-0.25, -0.2) is 0 Å². The van der Waals surface area contributed by atoms with Crippen molar-refractivity contribution in [1.82, 2.24) is 0 Å². The van der Waals surface area contributed by atoms with Gasteiger partial charge in [0.25, 0.3) is 0 Å². The molecule has 0 saturated heterocycles. The quantitative estimate of drug-likeness (QED) is 0.100. The number of hydrogen-bond acceptors (Lipinski definition) is 5. The monoisotopic (exact) mass is 470 g/mol. The zero-order valence-electron chi connectivity index (χ0n) is 22.2. The Balaban J connectivity index is 3.74. The molecule has 0 spiro atoms. The van der Waals surface area contributed by atoms with Crippen LogP contribution in [0.15, 0.2) is 0 Å². The van der Waals surface area contributed by atoms with Gasteiger partial charge in [-0.05, 0) is 12.8 Å². The van der Waals surface area contributed by atoms with E-state index >= 15 is 0 Å². The summed E-state index contributed by atoms with van der Waals surface area (Å²) in [6.45, 7) is 4.79. The highest BCUT2D eigenvalue weighted by Crippen LogP contribution is 2.12. The molecule has 196 valence electrons. The van der Waals surface area contributed by atoms with Gasteiger partial charge in [-0.3, -0.25) is 9.59 Å². The van der Waals surface area contributed by atoms with Gasteiger partial charge in [-0.2, -0.15) is 0 Å². The molecule has 0 bridgehead atoms. The Morgan fingerprint density at radius 3 is 1.36 bits per heavy atom. The average molecular weight is 471 g/mol.